The van der Waals surface area contributed by atoms with Crippen molar-refractivity contribution in [3.63, 3.8) is 0 Å². The van der Waals surface area contributed by atoms with E-state index in [9.17, 15) is 4.79 Å². The molecule has 1 rings (SSSR count). The van der Waals surface area contributed by atoms with Gasteiger partial charge in [0.2, 0.25) is 0 Å². The van der Waals surface area contributed by atoms with Crippen molar-refractivity contribution in [1.82, 2.24) is 0 Å². The summed E-state index contributed by atoms with van der Waals surface area (Å²) in [6.07, 6.45) is 3.79. The van der Waals surface area contributed by atoms with Crippen LogP contribution in [0.4, 0.5) is 0 Å². The zero-order chi connectivity index (χ0) is 10.4. The predicted molar refractivity (Wildman–Crippen MR) is 57.0 cm³/mol. The molecule has 0 saturated heterocycles. The number of carbonyl (C=O) groups excluding carboxylic acids is 1. The zero-order valence-corrected chi connectivity index (χ0v) is 8.49. The summed E-state index contributed by atoms with van der Waals surface area (Å²) in [4.78, 5) is 9.88. The lowest BCUT2D eigenvalue weighted by molar-refractivity contribution is -0.127. The molecule has 0 N–H and O–H groups in total. The number of ether oxygens (including phenoxy) is 1. The van der Waals surface area contributed by atoms with Crippen LogP contribution >= 0.6 is 0 Å². The molecule has 0 aliphatic heterocycles. The van der Waals surface area contributed by atoms with E-state index in [0.717, 1.165) is 0 Å². The van der Waals surface area contributed by atoms with Gasteiger partial charge in [0.05, 0.1) is 0 Å². The van der Waals surface area contributed by atoms with Crippen LogP contribution in [0.15, 0.2) is 24.3 Å². The standard InChI is InChI=1S/C12H14O2/c1-10-5-6-11(2)12(8-10)4-3-7-14-9-13/h3-6,8-9H,7H2,1-2H3/b4-3+. The van der Waals surface area contributed by atoms with Crippen LogP contribution in [0.25, 0.3) is 6.08 Å². The van der Waals surface area contributed by atoms with Gasteiger partial charge in [-0.25, -0.2) is 0 Å². The average molecular weight is 190 g/mol. The minimum absolute atomic E-state index is 0.330. The Bertz CT molecular complexity index is 340. The molecule has 0 amide bonds. The minimum atomic E-state index is 0.330. The molecule has 0 aromatic heterocycles. The molecule has 74 valence electrons. The van der Waals surface area contributed by atoms with Crippen molar-refractivity contribution >= 4 is 12.5 Å². The summed E-state index contributed by atoms with van der Waals surface area (Å²) in [6, 6.07) is 6.26. The first kappa shape index (κ1) is 10.5. The van der Waals surface area contributed by atoms with Gasteiger partial charge in [0.25, 0.3) is 6.47 Å². The topological polar surface area (TPSA) is 26.3 Å². The number of carbonyl (C=O) groups is 1. The summed E-state index contributed by atoms with van der Waals surface area (Å²) in [5.74, 6) is 0. The second-order valence-electron chi connectivity index (χ2n) is 3.19. The number of hydrogen-bond donors (Lipinski definition) is 0. The fourth-order valence-electron chi connectivity index (χ4n) is 1.21. The molecule has 2 nitrogen and oxygen atoms in total. The van der Waals surface area contributed by atoms with E-state index < -0.39 is 0 Å². The Kier molecular flexibility index (Phi) is 3.92. The molecule has 0 bridgehead atoms. The molecule has 0 heterocycles. The highest BCUT2D eigenvalue weighted by Gasteiger charge is 1.93. The highest BCUT2D eigenvalue weighted by Crippen LogP contribution is 2.11. The maximum atomic E-state index is 9.88. The van der Waals surface area contributed by atoms with Crippen LogP contribution in [0.5, 0.6) is 0 Å². The molecule has 0 unspecified atom stereocenters. The Morgan fingerprint density at radius 1 is 1.36 bits per heavy atom. The Morgan fingerprint density at radius 3 is 2.86 bits per heavy atom. The van der Waals surface area contributed by atoms with Crippen LogP contribution in [-0.2, 0) is 9.53 Å². The van der Waals surface area contributed by atoms with E-state index in [4.69, 9.17) is 0 Å². The van der Waals surface area contributed by atoms with Gasteiger partial charge < -0.3 is 4.74 Å². The minimum Gasteiger partial charge on any atom is -0.464 e. The largest absolute Gasteiger partial charge is 0.464 e. The Labute approximate surface area is 84.2 Å². The summed E-state index contributed by atoms with van der Waals surface area (Å²) in [5.41, 5.74) is 3.61. The normalized spacial score (nSPS) is 10.4. The van der Waals surface area contributed by atoms with Crippen molar-refractivity contribution in [3.05, 3.63) is 41.0 Å². The van der Waals surface area contributed by atoms with Gasteiger partial charge in [-0.3, -0.25) is 4.79 Å². The first-order chi connectivity index (χ1) is 6.74. The van der Waals surface area contributed by atoms with E-state index in [1.54, 1.807) is 0 Å². The maximum Gasteiger partial charge on any atom is 0.293 e. The molecule has 1 aromatic carbocycles. The molecular weight excluding hydrogens is 176 g/mol. The van der Waals surface area contributed by atoms with Gasteiger partial charge in [-0.1, -0.05) is 29.8 Å². The smallest absolute Gasteiger partial charge is 0.293 e. The lowest BCUT2D eigenvalue weighted by Gasteiger charge is -2.01. The summed E-state index contributed by atoms with van der Waals surface area (Å²) in [6.45, 7) is 4.89. The second kappa shape index (κ2) is 5.22. The van der Waals surface area contributed by atoms with Crippen molar-refractivity contribution in [1.29, 1.82) is 0 Å². The highest BCUT2D eigenvalue weighted by molar-refractivity contribution is 5.54. The SMILES string of the molecule is Cc1ccc(C)c(/C=C/COC=O)c1. The van der Waals surface area contributed by atoms with Crippen LogP contribution in [0.1, 0.15) is 16.7 Å². The fourth-order valence-corrected chi connectivity index (χ4v) is 1.21. The third-order valence-electron chi connectivity index (χ3n) is 1.99. The van der Waals surface area contributed by atoms with Crippen LogP contribution in [0.2, 0.25) is 0 Å². The van der Waals surface area contributed by atoms with Crippen molar-refractivity contribution in [2.75, 3.05) is 6.61 Å². The van der Waals surface area contributed by atoms with Gasteiger partial charge in [0.1, 0.15) is 6.61 Å². The number of benzene rings is 1. The molecule has 0 aliphatic rings. The highest BCUT2D eigenvalue weighted by atomic mass is 16.5. The Morgan fingerprint density at radius 2 is 2.14 bits per heavy atom. The predicted octanol–water partition coefficient (Wildman–Crippen LogP) is 2.49. The molecular formula is C12H14O2. The van der Waals surface area contributed by atoms with Gasteiger partial charge in [0, 0.05) is 0 Å². The summed E-state index contributed by atoms with van der Waals surface area (Å²) < 4.78 is 4.56. The van der Waals surface area contributed by atoms with E-state index in [-0.39, 0.29) is 0 Å². The van der Waals surface area contributed by atoms with E-state index in [1.807, 2.05) is 12.2 Å². The average Bonchev–Trinajstić information content (AvgIpc) is 2.18. The van der Waals surface area contributed by atoms with Gasteiger partial charge in [-0.2, -0.15) is 0 Å². The van der Waals surface area contributed by atoms with Crippen LogP contribution in [0.3, 0.4) is 0 Å². The molecule has 0 fully saturated rings. The van der Waals surface area contributed by atoms with Crippen LogP contribution in [-0.4, -0.2) is 13.1 Å². The number of rotatable bonds is 4. The summed E-state index contributed by atoms with van der Waals surface area (Å²) in [5, 5.41) is 0. The fraction of sp³-hybridized carbons (Fsp3) is 0.250. The van der Waals surface area contributed by atoms with Gasteiger partial charge >= 0.3 is 0 Å². The second-order valence-corrected chi connectivity index (χ2v) is 3.19. The summed E-state index contributed by atoms with van der Waals surface area (Å²) >= 11 is 0. The first-order valence-electron chi connectivity index (χ1n) is 4.53. The van der Waals surface area contributed by atoms with Crippen molar-refractivity contribution in [3.8, 4) is 0 Å². The van der Waals surface area contributed by atoms with Gasteiger partial charge in [0.15, 0.2) is 0 Å². The number of aryl methyl sites for hydroxylation is 2. The molecule has 14 heavy (non-hydrogen) atoms. The molecule has 0 aliphatic carbocycles. The van der Waals surface area contributed by atoms with Crippen LogP contribution in [0, 0.1) is 13.8 Å². The lowest BCUT2D eigenvalue weighted by atomic mass is 10.1. The molecule has 0 saturated carbocycles. The van der Waals surface area contributed by atoms with E-state index in [0.29, 0.717) is 13.1 Å². The quantitative estimate of drug-likeness (QED) is 0.538. The third kappa shape index (κ3) is 3.05. The lowest BCUT2D eigenvalue weighted by Crippen LogP contribution is -1.87. The van der Waals surface area contributed by atoms with Crippen molar-refractivity contribution in [2.24, 2.45) is 0 Å². The number of hydrogen-bond acceptors (Lipinski definition) is 2. The van der Waals surface area contributed by atoms with Gasteiger partial charge in [-0.15, -0.1) is 0 Å². The zero-order valence-electron chi connectivity index (χ0n) is 8.49. The first-order valence-corrected chi connectivity index (χ1v) is 4.53. The van der Waals surface area contributed by atoms with E-state index >= 15 is 0 Å². The van der Waals surface area contributed by atoms with Gasteiger partial charge in [-0.05, 0) is 31.1 Å². The maximum absolute atomic E-state index is 9.88. The molecule has 0 radical (unpaired) electrons. The summed E-state index contributed by atoms with van der Waals surface area (Å²) in [7, 11) is 0. The van der Waals surface area contributed by atoms with Crippen molar-refractivity contribution < 1.29 is 9.53 Å². The van der Waals surface area contributed by atoms with Crippen LogP contribution < -0.4 is 0 Å². The molecule has 2 heteroatoms. The molecule has 0 spiro atoms. The van der Waals surface area contributed by atoms with E-state index in [1.165, 1.54) is 16.7 Å². The third-order valence-corrected chi connectivity index (χ3v) is 1.99. The monoisotopic (exact) mass is 190 g/mol. The Balaban J connectivity index is 2.70. The van der Waals surface area contributed by atoms with Crippen molar-refractivity contribution in [2.45, 2.75) is 13.8 Å². The molecule has 1 aromatic rings. The van der Waals surface area contributed by atoms with E-state index in [2.05, 4.69) is 36.8 Å². The Hall–Kier alpha value is -1.57. The molecule has 0 atom stereocenters.